The monoisotopic (exact) mass is 275 g/mol. The van der Waals surface area contributed by atoms with E-state index in [1.54, 1.807) is 18.9 Å². The number of methoxy groups -OCH3 is 2. The SMILES string of the molecule is COc1cc(C(C)C)cc(-c2cc(N)n(C)n2)c1OC. The second-order valence-electron chi connectivity index (χ2n) is 5.04. The van der Waals surface area contributed by atoms with Gasteiger partial charge >= 0.3 is 0 Å². The maximum absolute atomic E-state index is 5.87. The van der Waals surface area contributed by atoms with Crippen molar-refractivity contribution in [2.24, 2.45) is 7.05 Å². The van der Waals surface area contributed by atoms with E-state index in [0.29, 0.717) is 23.2 Å². The van der Waals surface area contributed by atoms with Gasteiger partial charge in [0.15, 0.2) is 11.5 Å². The predicted molar refractivity (Wildman–Crippen MR) is 80.2 cm³/mol. The number of anilines is 1. The maximum atomic E-state index is 5.87. The van der Waals surface area contributed by atoms with Crippen molar-refractivity contribution in [3.8, 4) is 22.8 Å². The van der Waals surface area contributed by atoms with Gasteiger partial charge in [-0.25, -0.2) is 0 Å². The molecule has 5 heteroatoms. The fourth-order valence-corrected chi connectivity index (χ4v) is 2.12. The summed E-state index contributed by atoms with van der Waals surface area (Å²) in [6.07, 6.45) is 0. The van der Waals surface area contributed by atoms with Crippen LogP contribution < -0.4 is 15.2 Å². The zero-order valence-electron chi connectivity index (χ0n) is 12.6. The van der Waals surface area contributed by atoms with Crippen LogP contribution in [0.5, 0.6) is 11.5 Å². The largest absolute Gasteiger partial charge is 0.493 e. The number of benzene rings is 1. The lowest BCUT2D eigenvalue weighted by molar-refractivity contribution is 0.355. The van der Waals surface area contributed by atoms with Crippen molar-refractivity contribution in [2.45, 2.75) is 19.8 Å². The third-order valence-electron chi connectivity index (χ3n) is 3.36. The van der Waals surface area contributed by atoms with Crippen LogP contribution >= 0.6 is 0 Å². The number of nitrogen functional groups attached to an aromatic ring is 1. The van der Waals surface area contributed by atoms with E-state index in [9.17, 15) is 0 Å². The summed E-state index contributed by atoms with van der Waals surface area (Å²) >= 11 is 0. The molecule has 0 spiro atoms. The van der Waals surface area contributed by atoms with Gasteiger partial charge in [0.05, 0.1) is 19.9 Å². The van der Waals surface area contributed by atoms with Gasteiger partial charge in [-0.3, -0.25) is 4.68 Å². The van der Waals surface area contributed by atoms with Crippen molar-refractivity contribution in [2.75, 3.05) is 20.0 Å². The molecule has 1 heterocycles. The first-order chi connectivity index (χ1) is 9.47. The summed E-state index contributed by atoms with van der Waals surface area (Å²) in [5, 5.41) is 4.42. The molecule has 0 fully saturated rings. The minimum atomic E-state index is 0.384. The van der Waals surface area contributed by atoms with Crippen molar-refractivity contribution >= 4 is 5.82 Å². The highest BCUT2D eigenvalue weighted by molar-refractivity contribution is 5.74. The fourth-order valence-electron chi connectivity index (χ4n) is 2.12. The highest BCUT2D eigenvalue weighted by Crippen LogP contribution is 2.40. The molecule has 0 radical (unpaired) electrons. The smallest absolute Gasteiger partial charge is 0.170 e. The third kappa shape index (κ3) is 2.43. The van der Waals surface area contributed by atoms with Crippen molar-refractivity contribution < 1.29 is 9.47 Å². The summed E-state index contributed by atoms with van der Waals surface area (Å²) in [5.74, 6) is 2.37. The lowest BCUT2D eigenvalue weighted by Gasteiger charge is -2.15. The zero-order valence-corrected chi connectivity index (χ0v) is 12.6. The van der Waals surface area contributed by atoms with Gasteiger partial charge in [-0.2, -0.15) is 5.10 Å². The fraction of sp³-hybridized carbons (Fsp3) is 0.400. The molecule has 0 atom stereocenters. The van der Waals surface area contributed by atoms with E-state index >= 15 is 0 Å². The number of rotatable bonds is 4. The van der Waals surface area contributed by atoms with E-state index in [-0.39, 0.29) is 0 Å². The van der Waals surface area contributed by atoms with Crippen LogP contribution in [0.3, 0.4) is 0 Å². The van der Waals surface area contributed by atoms with Crippen LogP contribution in [-0.4, -0.2) is 24.0 Å². The predicted octanol–water partition coefficient (Wildman–Crippen LogP) is 2.81. The summed E-state index contributed by atoms with van der Waals surface area (Å²) in [6, 6.07) is 5.91. The Balaban J connectivity index is 2.68. The Morgan fingerprint density at radius 2 is 1.85 bits per heavy atom. The van der Waals surface area contributed by atoms with Gasteiger partial charge in [-0.05, 0) is 23.6 Å². The lowest BCUT2D eigenvalue weighted by atomic mass is 9.98. The van der Waals surface area contributed by atoms with Crippen LogP contribution in [0, 0.1) is 0 Å². The summed E-state index contributed by atoms with van der Waals surface area (Å²) < 4.78 is 12.6. The van der Waals surface area contributed by atoms with E-state index in [2.05, 4.69) is 25.0 Å². The average Bonchev–Trinajstić information content (AvgIpc) is 2.76. The van der Waals surface area contributed by atoms with E-state index in [1.807, 2.05) is 19.2 Å². The number of ether oxygens (including phenoxy) is 2. The molecule has 0 aliphatic rings. The minimum absolute atomic E-state index is 0.384. The van der Waals surface area contributed by atoms with Gasteiger partial charge in [0.25, 0.3) is 0 Å². The number of hydrogen-bond donors (Lipinski definition) is 1. The van der Waals surface area contributed by atoms with Gasteiger partial charge in [0, 0.05) is 18.7 Å². The Hall–Kier alpha value is -2.17. The van der Waals surface area contributed by atoms with Crippen molar-refractivity contribution in [3.63, 3.8) is 0 Å². The summed E-state index contributed by atoms with van der Waals surface area (Å²) in [7, 11) is 5.08. The molecule has 0 bridgehead atoms. The summed E-state index contributed by atoms with van der Waals surface area (Å²) in [4.78, 5) is 0. The van der Waals surface area contributed by atoms with E-state index < -0.39 is 0 Å². The number of hydrogen-bond acceptors (Lipinski definition) is 4. The van der Waals surface area contributed by atoms with Gasteiger partial charge < -0.3 is 15.2 Å². The lowest BCUT2D eigenvalue weighted by Crippen LogP contribution is -1.99. The molecule has 20 heavy (non-hydrogen) atoms. The van der Waals surface area contributed by atoms with Gasteiger partial charge in [0.1, 0.15) is 5.82 Å². The molecule has 2 N–H and O–H groups in total. The number of nitrogens with zero attached hydrogens (tertiary/aromatic N) is 2. The van der Waals surface area contributed by atoms with Gasteiger partial charge in [-0.15, -0.1) is 0 Å². The van der Waals surface area contributed by atoms with E-state index in [1.165, 1.54) is 5.56 Å². The Bertz CT molecular complexity index is 598. The topological polar surface area (TPSA) is 62.3 Å². The molecule has 2 rings (SSSR count). The summed E-state index contributed by atoms with van der Waals surface area (Å²) in [5.41, 5.74) is 8.71. The van der Waals surface area contributed by atoms with Gasteiger partial charge in [0.2, 0.25) is 0 Å². The van der Waals surface area contributed by atoms with E-state index in [4.69, 9.17) is 15.2 Å². The van der Waals surface area contributed by atoms with Crippen molar-refractivity contribution in [3.05, 3.63) is 23.8 Å². The molecule has 2 aromatic rings. The number of aromatic nitrogens is 2. The zero-order chi connectivity index (χ0) is 14.9. The first-order valence-corrected chi connectivity index (χ1v) is 6.53. The minimum Gasteiger partial charge on any atom is -0.493 e. The first-order valence-electron chi connectivity index (χ1n) is 6.53. The van der Waals surface area contributed by atoms with Crippen LogP contribution in [0.25, 0.3) is 11.3 Å². The Morgan fingerprint density at radius 1 is 1.15 bits per heavy atom. The van der Waals surface area contributed by atoms with Crippen LogP contribution in [0.15, 0.2) is 18.2 Å². The molecule has 5 nitrogen and oxygen atoms in total. The molecular weight excluding hydrogens is 254 g/mol. The summed E-state index contributed by atoms with van der Waals surface area (Å²) in [6.45, 7) is 4.27. The Labute approximate surface area is 119 Å². The van der Waals surface area contributed by atoms with E-state index in [0.717, 1.165) is 11.3 Å². The third-order valence-corrected chi connectivity index (χ3v) is 3.36. The maximum Gasteiger partial charge on any atom is 0.170 e. The molecule has 0 unspecified atom stereocenters. The van der Waals surface area contributed by atoms with Crippen LogP contribution in [0.1, 0.15) is 25.3 Å². The Kier molecular flexibility index (Phi) is 3.88. The molecule has 0 amide bonds. The number of aryl methyl sites for hydroxylation is 1. The molecule has 0 saturated heterocycles. The average molecular weight is 275 g/mol. The van der Waals surface area contributed by atoms with Gasteiger partial charge in [-0.1, -0.05) is 13.8 Å². The van der Waals surface area contributed by atoms with Crippen LogP contribution in [0.2, 0.25) is 0 Å². The standard InChI is InChI=1S/C15H21N3O2/c1-9(2)10-6-11(12-8-14(16)18(3)17-12)15(20-5)13(7-10)19-4/h6-9H,16H2,1-5H3. The second kappa shape index (κ2) is 5.45. The van der Waals surface area contributed by atoms with Crippen LogP contribution in [0.4, 0.5) is 5.82 Å². The highest BCUT2D eigenvalue weighted by atomic mass is 16.5. The molecular formula is C15H21N3O2. The molecule has 108 valence electrons. The molecule has 1 aromatic carbocycles. The van der Waals surface area contributed by atoms with Crippen molar-refractivity contribution in [1.82, 2.24) is 9.78 Å². The van der Waals surface area contributed by atoms with Crippen LogP contribution in [-0.2, 0) is 7.05 Å². The molecule has 1 aromatic heterocycles. The molecule has 0 saturated carbocycles. The van der Waals surface area contributed by atoms with Crippen molar-refractivity contribution in [1.29, 1.82) is 0 Å². The Morgan fingerprint density at radius 3 is 2.30 bits per heavy atom. The highest BCUT2D eigenvalue weighted by Gasteiger charge is 2.18. The quantitative estimate of drug-likeness (QED) is 0.932. The second-order valence-corrected chi connectivity index (χ2v) is 5.04. The first kappa shape index (κ1) is 14.2. The molecule has 0 aliphatic carbocycles. The normalized spacial score (nSPS) is 10.9. The molecule has 0 aliphatic heterocycles. The number of nitrogens with two attached hydrogens (primary N) is 1.